The molecule has 0 aliphatic heterocycles. The van der Waals surface area contributed by atoms with Crippen molar-refractivity contribution in [1.82, 2.24) is 15.3 Å². The Hall–Kier alpha value is -1.65. The first kappa shape index (κ1) is 15.7. The number of aromatic nitrogens is 2. The molecule has 2 aromatic rings. The van der Waals surface area contributed by atoms with Crippen molar-refractivity contribution in [3.8, 4) is 5.88 Å². The molecule has 5 heteroatoms. The molecular formula is C16H20ClN3O. The Morgan fingerprint density at radius 1 is 1.19 bits per heavy atom. The van der Waals surface area contributed by atoms with Crippen LogP contribution in [0.1, 0.15) is 25.1 Å². The van der Waals surface area contributed by atoms with Gasteiger partial charge in [0.15, 0.2) is 0 Å². The van der Waals surface area contributed by atoms with Crippen molar-refractivity contribution in [1.29, 1.82) is 0 Å². The highest BCUT2D eigenvalue weighted by Gasteiger charge is 2.02. The van der Waals surface area contributed by atoms with Crippen molar-refractivity contribution in [3.05, 3.63) is 52.9 Å². The lowest BCUT2D eigenvalue weighted by Crippen LogP contribution is -2.19. The number of nitrogens with one attached hydrogen (secondary N) is 1. The molecule has 2 rings (SSSR count). The zero-order valence-corrected chi connectivity index (χ0v) is 13.1. The molecule has 0 aliphatic carbocycles. The van der Waals surface area contributed by atoms with Crippen LogP contribution in [-0.4, -0.2) is 16.5 Å². The molecule has 0 amide bonds. The second-order valence-electron chi connectivity index (χ2n) is 5.29. The minimum absolute atomic E-state index is 0.453. The number of rotatable bonds is 7. The molecule has 1 N–H and O–H groups in total. The normalized spacial score (nSPS) is 10.9. The first-order valence-electron chi connectivity index (χ1n) is 7.02. The van der Waals surface area contributed by atoms with Crippen LogP contribution in [0.15, 0.2) is 36.7 Å². The highest BCUT2D eigenvalue weighted by Crippen LogP contribution is 2.12. The van der Waals surface area contributed by atoms with Gasteiger partial charge in [-0.05, 0) is 30.2 Å². The van der Waals surface area contributed by atoms with E-state index in [-0.39, 0.29) is 0 Å². The minimum atomic E-state index is 0.453. The van der Waals surface area contributed by atoms with Gasteiger partial charge in [0.05, 0.1) is 11.9 Å². The number of hydrogen-bond donors (Lipinski definition) is 1. The summed E-state index contributed by atoms with van der Waals surface area (Å²) in [6, 6.07) is 7.56. The van der Waals surface area contributed by atoms with Gasteiger partial charge in [0.25, 0.3) is 0 Å². The summed E-state index contributed by atoms with van der Waals surface area (Å²) in [5.74, 6) is 1.15. The van der Waals surface area contributed by atoms with E-state index in [1.165, 1.54) is 0 Å². The molecule has 0 atom stereocenters. The predicted octanol–water partition coefficient (Wildman–Crippen LogP) is 3.45. The fourth-order valence-electron chi connectivity index (χ4n) is 1.77. The molecule has 1 aromatic heterocycles. The quantitative estimate of drug-likeness (QED) is 0.851. The first-order valence-corrected chi connectivity index (χ1v) is 7.40. The minimum Gasteiger partial charge on any atom is -0.472 e. The third-order valence-electron chi connectivity index (χ3n) is 2.82. The molecule has 112 valence electrons. The number of hydrogen-bond acceptors (Lipinski definition) is 4. The first-order chi connectivity index (χ1) is 10.1. The molecule has 0 spiro atoms. The van der Waals surface area contributed by atoms with Gasteiger partial charge in [-0.1, -0.05) is 37.6 Å². The molecule has 0 unspecified atom stereocenters. The molecule has 0 bridgehead atoms. The van der Waals surface area contributed by atoms with E-state index in [1.54, 1.807) is 12.4 Å². The molecule has 0 saturated carbocycles. The zero-order chi connectivity index (χ0) is 15.1. The maximum atomic E-state index is 5.85. The summed E-state index contributed by atoms with van der Waals surface area (Å²) in [4.78, 5) is 8.59. The Kier molecular flexibility index (Phi) is 5.96. The summed E-state index contributed by atoms with van der Waals surface area (Å²) < 4.78 is 5.66. The van der Waals surface area contributed by atoms with E-state index in [0.29, 0.717) is 24.9 Å². The Labute approximate surface area is 130 Å². The zero-order valence-electron chi connectivity index (χ0n) is 12.3. The SMILES string of the molecule is CC(C)CNCc1cncc(OCc2ccc(Cl)cc2)n1. The smallest absolute Gasteiger partial charge is 0.232 e. The van der Waals surface area contributed by atoms with Crippen LogP contribution in [0.4, 0.5) is 0 Å². The van der Waals surface area contributed by atoms with E-state index < -0.39 is 0 Å². The summed E-state index contributed by atoms with van der Waals surface area (Å²) in [7, 11) is 0. The highest BCUT2D eigenvalue weighted by molar-refractivity contribution is 6.30. The van der Waals surface area contributed by atoms with E-state index in [9.17, 15) is 0 Å². The van der Waals surface area contributed by atoms with Crippen molar-refractivity contribution >= 4 is 11.6 Å². The van der Waals surface area contributed by atoms with Crippen molar-refractivity contribution in [2.75, 3.05) is 6.54 Å². The molecule has 4 nitrogen and oxygen atoms in total. The monoisotopic (exact) mass is 305 g/mol. The Bertz CT molecular complexity index is 558. The molecule has 0 aliphatic rings. The second kappa shape index (κ2) is 7.96. The van der Waals surface area contributed by atoms with Gasteiger partial charge in [0, 0.05) is 17.8 Å². The van der Waals surface area contributed by atoms with Crippen LogP contribution in [0, 0.1) is 5.92 Å². The maximum Gasteiger partial charge on any atom is 0.232 e. The molecular weight excluding hydrogens is 286 g/mol. The van der Waals surface area contributed by atoms with E-state index in [4.69, 9.17) is 16.3 Å². The summed E-state index contributed by atoms with van der Waals surface area (Å²) >= 11 is 5.85. The summed E-state index contributed by atoms with van der Waals surface area (Å²) in [5.41, 5.74) is 1.92. The van der Waals surface area contributed by atoms with Crippen LogP contribution < -0.4 is 10.1 Å². The Balaban J connectivity index is 1.87. The van der Waals surface area contributed by atoms with E-state index in [0.717, 1.165) is 22.8 Å². The second-order valence-corrected chi connectivity index (χ2v) is 5.72. The number of nitrogens with zero attached hydrogens (tertiary/aromatic N) is 2. The Morgan fingerprint density at radius 2 is 1.95 bits per heavy atom. The van der Waals surface area contributed by atoms with Gasteiger partial charge in [-0.3, -0.25) is 4.98 Å². The van der Waals surface area contributed by atoms with Gasteiger partial charge in [-0.15, -0.1) is 0 Å². The molecule has 0 radical (unpaired) electrons. The molecule has 0 saturated heterocycles. The maximum absolute atomic E-state index is 5.85. The third-order valence-corrected chi connectivity index (χ3v) is 3.07. The van der Waals surface area contributed by atoms with Crippen LogP contribution in [0.5, 0.6) is 5.88 Å². The lowest BCUT2D eigenvalue weighted by Gasteiger charge is -2.09. The van der Waals surface area contributed by atoms with Crippen molar-refractivity contribution in [3.63, 3.8) is 0 Å². The van der Waals surface area contributed by atoms with E-state index >= 15 is 0 Å². The van der Waals surface area contributed by atoms with Gasteiger partial charge in [-0.2, -0.15) is 0 Å². The van der Waals surface area contributed by atoms with Crippen LogP contribution in [0.25, 0.3) is 0 Å². The summed E-state index contributed by atoms with van der Waals surface area (Å²) in [5, 5.41) is 4.05. The molecule has 1 aromatic carbocycles. The van der Waals surface area contributed by atoms with Crippen molar-refractivity contribution in [2.24, 2.45) is 5.92 Å². The highest BCUT2D eigenvalue weighted by atomic mass is 35.5. The number of halogens is 1. The summed E-state index contributed by atoms with van der Waals surface area (Å²) in [6.45, 7) is 6.45. The summed E-state index contributed by atoms with van der Waals surface area (Å²) in [6.07, 6.45) is 3.38. The van der Waals surface area contributed by atoms with Crippen LogP contribution in [0.3, 0.4) is 0 Å². The average molecular weight is 306 g/mol. The Morgan fingerprint density at radius 3 is 2.67 bits per heavy atom. The fourth-order valence-corrected chi connectivity index (χ4v) is 1.89. The lowest BCUT2D eigenvalue weighted by atomic mass is 10.2. The number of benzene rings is 1. The van der Waals surface area contributed by atoms with Crippen LogP contribution >= 0.6 is 11.6 Å². The largest absolute Gasteiger partial charge is 0.472 e. The molecule has 1 heterocycles. The predicted molar refractivity (Wildman–Crippen MR) is 84.4 cm³/mol. The van der Waals surface area contributed by atoms with Crippen LogP contribution in [-0.2, 0) is 13.2 Å². The standard InChI is InChI=1S/C16H20ClN3O/c1-12(2)7-18-8-15-9-19-10-16(20-15)21-11-13-3-5-14(17)6-4-13/h3-6,9-10,12,18H,7-8,11H2,1-2H3. The van der Waals surface area contributed by atoms with E-state index in [2.05, 4.69) is 29.1 Å². The fraction of sp³-hybridized carbons (Fsp3) is 0.375. The van der Waals surface area contributed by atoms with Crippen molar-refractivity contribution in [2.45, 2.75) is 27.0 Å². The lowest BCUT2D eigenvalue weighted by molar-refractivity contribution is 0.291. The average Bonchev–Trinajstić information content (AvgIpc) is 2.47. The van der Waals surface area contributed by atoms with Gasteiger partial charge in [0.2, 0.25) is 5.88 Å². The third kappa shape index (κ3) is 5.69. The van der Waals surface area contributed by atoms with Gasteiger partial charge >= 0.3 is 0 Å². The van der Waals surface area contributed by atoms with Crippen molar-refractivity contribution < 1.29 is 4.74 Å². The van der Waals surface area contributed by atoms with E-state index in [1.807, 2.05) is 24.3 Å². The molecule has 21 heavy (non-hydrogen) atoms. The van der Waals surface area contributed by atoms with Gasteiger partial charge in [0.1, 0.15) is 6.61 Å². The van der Waals surface area contributed by atoms with Gasteiger partial charge < -0.3 is 10.1 Å². The molecule has 0 fully saturated rings. The van der Waals surface area contributed by atoms with Gasteiger partial charge in [-0.25, -0.2) is 4.98 Å². The van der Waals surface area contributed by atoms with Crippen LogP contribution in [0.2, 0.25) is 5.02 Å². The number of ether oxygens (including phenoxy) is 1. The topological polar surface area (TPSA) is 47.0 Å².